The number of hydrogen-bond acceptors (Lipinski definition) is 4. The van der Waals surface area contributed by atoms with Crippen LogP contribution in [0.1, 0.15) is 37.3 Å². The zero-order valence-electron chi connectivity index (χ0n) is 12.4. The van der Waals surface area contributed by atoms with Crippen LogP contribution < -0.4 is 5.69 Å². The van der Waals surface area contributed by atoms with Gasteiger partial charge in [0.15, 0.2) is 0 Å². The van der Waals surface area contributed by atoms with Gasteiger partial charge in [-0.05, 0) is 25.9 Å². The zero-order chi connectivity index (χ0) is 14.7. The number of imidazole rings is 1. The third kappa shape index (κ3) is 3.24. The van der Waals surface area contributed by atoms with Gasteiger partial charge in [-0.2, -0.15) is 5.10 Å². The monoisotopic (exact) mass is 290 g/mol. The first-order chi connectivity index (χ1) is 10.3. The molecule has 1 fully saturated rings. The molecule has 114 valence electrons. The molecule has 1 aliphatic rings. The summed E-state index contributed by atoms with van der Waals surface area (Å²) in [5.74, 6) is 2.36. The van der Waals surface area contributed by atoms with Crippen molar-refractivity contribution in [2.45, 2.75) is 38.6 Å². The van der Waals surface area contributed by atoms with Crippen molar-refractivity contribution in [3.05, 3.63) is 34.5 Å². The number of likely N-dealkylation sites (tertiary alicyclic amines) is 1. The van der Waals surface area contributed by atoms with Gasteiger partial charge in [-0.25, -0.2) is 14.9 Å². The molecule has 0 amide bonds. The van der Waals surface area contributed by atoms with E-state index < -0.39 is 0 Å². The molecule has 0 radical (unpaired) electrons. The Morgan fingerprint density at radius 3 is 3.14 bits per heavy atom. The van der Waals surface area contributed by atoms with Crippen LogP contribution in [-0.2, 0) is 13.0 Å². The summed E-state index contributed by atoms with van der Waals surface area (Å²) in [6, 6.07) is 0. The molecule has 3 rings (SSSR count). The summed E-state index contributed by atoms with van der Waals surface area (Å²) in [5, 5.41) is 6.35. The van der Waals surface area contributed by atoms with Crippen LogP contribution in [0.5, 0.6) is 0 Å². The molecule has 1 aliphatic heterocycles. The van der Waals surface area contributed by atoms with Gasteiger partial charge in [-0.15, -0.1) is 0 Å². The Balaban J connectivity index is 1.67. The number of aromatic amines is 2. The lowest BCUT2D eigenvalue weighted by Gasteiger charge is -2.31. The molecule has 2 aromatic heterocycles. The van der Waals surface area contributed by atoms with Crippen LogP contribution in [-0.4, -0.2) is 49.3 Å². The molecule has 7 heteroatoms. The lowest BCUT2D eigenvalue weighted by atomic mass is 9.97. The van der Waals surface area contributed by atoms with Crippen molar-refractivity contribution in [2.24, 2.45) is 0 Å². The minimum atomic E-state index is -0.248. The topological polar surface area (TPSA) is 82.6 Å². The maximum atomic E-state index is 11.0. The van der Waals surface area contributed by atoms with Crippen LogP contribution >= 0.6 is 0 Å². The highest BCUT2D eigenvalue weighted by Crippen LogP contribution is 2.25. The number of likely N-dealkylation sites (N-methyl/N-ethyl adjacent to an activating group) is 1. The van der Waals surface area contributed by atoms with Crippen molar-refractivity contribution in [2.75, 3.05) is 19.6 Å². The van der Waals surface area contributed by atoms with E-state index in [0.717, 1.165) is 25.5 Å². The third-order valence-corrected chi connectivity index (χ3v) is 4.21. The van der Waals surface area contributed by atoms with E-state index >= 15 is 0 Å². The lowest BCUT2D eigenvalue weighted by Crippen LogP contribution is -2.35. The minimum Gasteiger partial charge on any atom is -0.334 e. The highest BCUT2D eigenvalue weighted by Gasteiger charge is 2.23. The number of piperidine rings is 1. The van der Waals surface area contributed by atoms with Gasteiger partial charge in [0.1, 0.15) is 11.6 Å². The Hall–Kier alpha value is -1.89. The average molecular weight is 290 g/mol. The fourth-order valence-corrected chi connectivity index (χ4v) is 3.07. The number of rotatable bonds is 5. The molecule has 0 saturated carbocycles. The first kappa shape index (κ1) is 14.1. The molecule has 7 nitrogen and oxygen atoms in total. The summed E-state index contributed by atoms with van der Waals surface area (Å²) in [4.78, 5) is 20.8. The summed E-state index contributed by atoms with van der Waals surface area (Å²) in [6.45, 7) is 6.39. The van der Waals surface area contributed by atoms with Gasteiger partial charge >= 0.3 is 5.69 Å². The van der Waals surface area contributed by atoms with Gasteiger partial charge in [0.25, 0.3) is 0 Å². The highest BCUT2D eigenvalue weighted by molar-refractivity contribution is 5.03. The van der Waals surface area contributed by atoms with Crippen LogP contribution in [0.4, 0.5) is 0 Å². The van der Waals surface area contributed by atoms with Gasteiger partial charge < -0.3 is 9.47 Å². The van der Waals surface area contributed by atoms with Crippen molar-refractivity contribution in [3.63, 3.8) is 0 Å². The van der Waals surface area contributed by atoms with E-state index in [-0.39, 0.29) is 5.69 Å². The molecule has 2 aromatic rings. The van der Waals surface area contributed by atoms with Crippen LogP contribution in [0.25, 0.3) is 0 Å². The Kier molecular flexibility index (Phi) is 4.19. The first-order valence-corrected chi connectivity index (χ1v) is 7.63. The first-order valence-electron chi connectivity index (χ1n) is 7.63. The smallest absolute Gasteiger partial charge is 0.334 e. The van der Waals surface area contributed by atoms with Gasteiger partial charge in [-0.3, -0.25) is 4.98 Å². The van der Waals surface area contributed by atoms with E-state index in [1.165, 1.54) is 19.4 Å². The summed E-state index contributed by atoms with van der Waals surface area (Å²) < 4.78 is 2.19. The SMILES string of the molecule is CCN1CCC[C@H](c2nccn2CCc2n[nH]c(=O)[nH]2)C1. The molecule has 0 bridgehead atoms. The van der Waals surface area contributed by atoms with Gasteiger partial charge in [0.05, 0.1) is 0 Å². The van der Waals surface area contributed by atoms with E-state index in [2.05, 4.69) is 36.6 Å². The number of nitrogens with one attached hydrogen (secondary N) is 2. The van der Waals surface area contributed by atoms with Crippen molar-refractivity contribution >= 4 is 0 Å². The predicted octanol–water partition coefficient (Wildman–Crippen LogP) is 0.736. The van der Waals surface area contributed by atoms with Crippen molar-refractivity contribution < 1.29 is 0 Å². The van der Waals surface area contributed by atoms with Crippen molar-refractivity contribution in [1.29, 1.82) is 0 Å². The molecule has 0 spiro atoms. The lowest BCUT2D eigenvalue weighted by molar-refractivity contribution is 0.211. The fourth-order valence-electron chi connectivity index (χ4n) is 3.07. The minimum absolute atomic E-state index is 0.248. The number of aryl methyl sites for hydroxylation is 2. The Labute approximate surface area is 123 Å². The van der Waals surface area contributed by atoms with Crippen molar-refractivity contribution in [1.82, 2.24) is 29.6 Å². The van der Waals surface area contributed by atoms with E-state index in [4.69, 9.17) is 0 Å². The maximum absolute atomic E-state index is 11.0. The summed E-state index contributed by atoms with van der Waals surface area (Å²) in [7, 11) is 0. The average Bonchev–Trinajstić information content (AvgIpc) is 3.14. The predicted molar refractivity (Wildman–Crippen MR) is 79.2 cm³/mol. The molecule has 2 N–H and O–H groups in total. The number of aromatic nitrogens is 5. The normalized spacial score (nSPS) is 20.0. The Morgan fingerprint density at radius 1 is 1.48 bits per heavy atom. The van der Waals surface area contributed by atoms with E-state index in [0.29, 0.717) is 18.2 Å². The van der Waals surface area contributed by atoms with E-state index in [9.17, 15) is 4.79 Å². The maximum Gasteiger partial charge on any atom is 0.340 e. The van der Waals surface area contributed by atoms with Crippen LogP contribution in [0, 0.1) is 0 Å². The number of nitrogens with zero attached hydrogens (tertiary/aromatic N) is 4. The van der Waals surface area contributed by atoms with E-state index in [1.807, 2.05) is 12.4 Å². The van der Waals surface area contributed by atoms with E-state index in [1.54, 1.807) is 0 Å². The standard InChI is InChI=1S/C14H22N6O/c1-2-19-7-3-4-11(10-19)13-15-6-9-20(13)8-5-12-16-14(21)18-17-12/h6,9,11H,2-5,7-8,10H2,1H3,(H2,16,17,18,21)/t11-/m0/s1. The summed E-state index contributed by atoms with van der Waals surface area (Å²) in [6.07, 6.45) is 7.02. The molecule has 3 heterocycles. The second-order valence-electron chi connectivity index (χ2n) is 5.59. The van der Waals surface area contributed by atoms with Crippen LogP contribution in [0.2, 0.25) is 0 Å². The molecule has 1 atom stereocenters. The Morgan fingerprint density at radius 2 is 2.38 bits per heavy atom. The summed E-state index contributed by atoms with van der Waals surface area (Å²) >= 11 is 0. The zero-order valence-corrected chi connectivity index (χ0v) is 12.4. The van der Waals surface area contributed by atoms with Gasteiger partial charge in [-0.1, -0.05) is 6.92 Å². The molecule has 0 aliphatic carbocycles. The highest BCUT2D eigenvalue weighted by atomic mass is 16.1. The van der Waals surface area contributed by atoms with Crippen LogP contribution in [0.3, 0.4) is 0 Å². The molecular formula is C14H22N6O. The Bertz CT molecular complexity index is 627. The second-order valence-corrected chi connectivity index (χ2v) is 5.59. The number of H-pyrrole nitrogens is 2. The summed E-state index contributed by atoms with van der Waals surface area (Å²) in [5.41, 5.74) is -0.248. The molecule has 0 unspecified atom stereocenters. The molecule has 0 aromatic carbocycles. The quantitative estimate of drug-likeness (QED) is 0.850. The van der Waals surface area contributed by atoms with Gasteiger partial charge in [0, 0.05) is 37.8 Å². The fraction of sp³-hybridized carbons (Fsp3) is 0.643. The van der Waals surface area contributed by atoms with Crippen molar-refractivity contribution in [3.8, 4) is 0 Å². The second kappa shape index (κ2) is 6.26. The molecular weight excluding hydrogens is 268 g/mol. The number of hydrogen-bond donors (Lipinski definition) is 2. The largest absolute Gasteiger partial charge is 0.340 e. The molecule has 1 saturated heterocycles. The van der Waals surface area contributed by atoms with Gasteiger partial charge in [0.2, 0.25) is 0 Å². The third-order valence-electron chi connectivity index (χ3n) is 4.21. The molecule has 21 heavy (non-hydrogen) atoms. The van der Waals surface area contributed by atoms with Crippen LogP contribution in [0.15, 0.2) is 17.2 Å².